The summed E-state index contributed by atoms with van der Waals surface area (Å²) in [6, 6.07) is 1.82. The first kappa shape index (κ1) is 14.5. The SMILES string of the molecule is N#CCNC(=O)CNCC1CCCCC1C(=O)O. The lowest BCUT2D eigenvalue weighted by Crippen LogP contribution is -2.39. The predicted molar refractivity (Wildman–Crippen MR) is 64.6 cm³/mol. The highest BCUT2D eigenvalue weighted by atomic mass is 16.4. The first-order chi connectivity index (χ1) is 8.65. The Bertz CT molecular complexity index is 338. The second kappa shape index (κ2) is 7.67. The molecule has 0 aromatic rings. The normalized spacial score (nSPS) is 23.1. The Morgan fingerprint density at radius 2 is 2.06 bits per heavy atom. The second-order valence-corrected chi connectivity index (χ2v) is 4.56. The number of nitrogens with zero attached hydrogens (tertiary/aromatic N) is 1. The van der Waals surface area contributed by atoms with Gasteiger partial charge in [-0.2, -0.15) is 5.26 Å². The molecule has 1 fully saturated rings. The van der Waals surface area contributed by atoms with E-state index in [1.54, 1.807) is 0 Å². The van der Waals surface area contributed by atoms with Crippen LogP contribution in [0, 0.1) is 23.2 Å². The lowest BCUT2D eigenvalue weighted by Gasteiger charge is -2.28. The summed E-state index contributed by atoms with van der Waals surface area (Å²) < 4.78 is 0. The largest absolute Gasteiger partial charge is 0.481 e. The van der Waals surface area contributed by atoms with E-state index in [1.165, 1.54) is 0 Å². The summed E-state index contributed by atoms with van der Waals surface area (Å²) in [6.07, 6.45) is 3.64. The molecule has 18 heavy (non-hydrogen) atoms. The van der Waals surface area contributed by atoms with E-state index in [4.69, 9.17) is 10.4 Å². The Morgan fingerprint density at radius 3 is 2.72 bits per heavy atom. The monoisotopic (exact) mass is 253 g/mol. The third kappa shape index (κ3) is 4.72. The average molecular weight is 253 g/mol. The molecule has 0 bridgehead atoms. The van der Waals surface area contributed by atoms with Gasteiger partial charge < -0.3 is 15.7 Å². The molecular formula is C12H19N3O3. The number of carbonyl (C=O) groups is 2. The first-order valence-electron chi connectivity index (χ1n) is 6.22. The molecule has 0 aromatic heterocycles. The summed E-state index contributed by atoms with van der Waals surface area (Å²) in [4.78, 5) is 22.3. The third-order valence-corrected chi connectivity index (χ3v) is 3.28. The Hall–Kier alpha value is -1.61. The summed E-state index contributed by atoms with van der Waals surface area (Å²) in [5, 5.41) is 22.8. The number of amides is 1. The van der Waals surface area contributed by atoms with Gasteiger partial charge in [0.2, 0.25) is 5.91 Å². The van der Waals surface area contributed by atoms with Crippen LogP contribution in [-0.4, -0.2) is 36.6 Å². The number of nitrogens with one attached hydrogen (secondary N) is 2. The Kier molecular flexibility index (Phi) is 6.15. The average Bonchev–Trinajstić information content (AvgIpc) is 2.36. The van der Waals surface area contributed by atoms with E-state index in [-0.39, 0.29) is 30.8 Å². The molecule has 6 nitrogen and oxygen atoms in total. The van der Waals surface area contributed by atoms with Crippen LogP contribution in [0.25, 0.3) is 0 Å². The molecule has 1 aliphatic carbocycles. The molecule has 0 aliphatic heterocycles. The molecule has 1 amide bonds. The number of carboxylic acid groups (broad SMARTS) is 1. The summed E-state index contributed by atoms with van der Waals surface area (Å²) in [5.74, 6) is -1.18. The number of rotatable bonds is 6. The fraction of sp³-hybridized carbons (Fsp3) is 0.750. The van der Waals surface area contributed by atoms with Crippen LogP contribution < -0.4 is 10.6 Å². The quantitative estimate of drug-likeness (QED) is 0.583. The van der Waals surface area contributed by atoms with Crippen molar-refractivity contribution in [2.45, 2.75) is 25.7 Å². The van der Waals surface area contributed by atoms with Gasteiger partial charge in [-0.15, -0.1) is 0 Å². The van der Waals surface area contributed by atoms with Crippen LogP contribution in [-0.2, 0) is 9.59 Å². The number of aliphatic carboxylic acids is 1. The Balaban J connectivity index is 2.26. The number of carboxylic acids is 1. The van der Waals surface area contributed by atoms with Gasteiger partial charge >= 0.3 is 5.97 Å². The van der Waals surface area contributed by atoms with Crippen molar-refractivity contribution in [1.29, 1.82) is 5.26 Å². The Labute approximate surface area is 106 Å². The van der Waals surface area contributed by atoms with Crippen LogP contribution >= 0.6 is 0 Å². The topological polar surface area (TPSA) is 102 Å². The molecule has 100 valence electrons. The molecule has 0 saturated heterocycles. The molecule has 1 rings (SSSR count). The van der Waals surface area contributed by atoms with E-state index in [2.05, 4.69) is 10.6 Å². The van der Waals surface area contributed by atoms with Crippen molar-refractivity contribution in [1.82, 2.24) is 10.6 Å². The van der Waals surface area contributed by atoms with E-state index in [0.29, 0.717) is 6.54 Å². The molecular weight excluding hydrogens is 234 g/mol. The Morgan fingerprint density at radius 1 is 1.33 bits per heavy atom. The highest BCUT2D eigenvalue weighted by Gasteiger charge is 2.30. The maximum atomic E-state index is 11.2. The summed E-state index contributed by atoms with van der Waals surface area (Å²) in [5.41, 5.74) is 0. The minimum absolute atomic E-state index is 0.00168. The molecule has 6 heteroatoms. The molecule has 0 aromatic carbocycles. The van der Waals surface area contributed by atoms with Crippen molar-refractivity contribution in [3.05, 3.63) is 0 Å². The van der Waals surface area contributed by atoms with E-state index < -0.39 is 5.97 Å². The lowest BCUT2D eigenvalue weighted by molar-refractivity contribution is -0.144. The van der Waals surface area contributed by atoms with Crippen molar-refractivity contribution < 1.29 is 14.7 Å². The van der Waals surface area contributed by atoms with Gasteiger partial charge in [0.25, 0.3) is 0 Å². The van der Waals surface area contributed by atoms with Crippen molar-refractivity contribution >= 4 is 11.9 Å². The van der Waals surface area contributed by atoms with Gasteiger partial charge in [0.05, 0.1) is 18.5 Å². The molecule has 0 spiro atoms. The lowest BCUT2D eigenvalue weighted by atomic mass is 9.79. The predicted octanol–water partition coefficient (Wildman–Crippen LogP) is 0.107. The third-order valence-electron chi connectivity index (χ3n) is 3.28. The fourth-order valence-electron chi connectivity index (χ4n) is 2.35. The molecule has 2 atom stereocenters. The van der Waals surface area contributed by atoms with Crippen LogP contribution in [0.2, 0.25) is 0 Å². The van der Waals surface area contributed by atoms with Crippen LogP contribution in [0.3, 0.4) is 0 Å². The minimum Gasteiger partial charge on any atom is -0.481 e. The van der Waals surface area contributed by atoms with Gasteiger partial charge in [0, 0.05) is 0 Å². The van der Waals surface area contributed by atoms with Crippen LogP contribution in [0.15, 0.2) is 0 Å². The summed E-state index contributed by atoms with van der Waals surface area (Å²) >= 11 is 0. The van der Waals surface area contributed by atoms with Crippen molar-refractivity contribution in [3.63, 3.8) is 0 Å². The van der Waals surface area contributed by atoms with Gasteiger partial charge in [0.1, 0.15) is 6.54 Å². The highest BCUT2D eigenvalue weighted by molar-refractivity contribution is 5.78. The zero-order valence-corrected chi connectivity index (χ0v) is 10.3. The molecule has 3 N–H and O–H groups in total. The van der Waals surface area contributed by atoms with Gasteiger partial charge in [-0.25, -0.2) is 0 Å². The molecule has 2 unspecified atom stereocenters. The zero-order valence-electron chi connectivity index (χ0n) is 10.3. The summed E-state index contributed by atoms with van der Waals surface area (Å²) in [6.45, 7) is 0.670. The smallest absolute Gasteiger partial charge is 0.306 e. The second-order valence-electron chi connectivity index (χ2n) is 4.56. The maximum absolute atomic E-state index is 11.2. The van der Waals surface area contributed by atoms with E-state index in [1.807, 2.05) is 6.07 Å². The zero-order chi connectivity index (χ0) is 13.4. The number of carbonyl (C=O) groups excluding carboxylic acids is 1. The fourth-order valence-corrected chi connectivity index (χ4v) is 2.35. The standard InChI is InChI=1S/C12H19N3O3/c13-5-6-15-11(16)8-14-7-9-3-1-2-4-10(9)12(17)18/h9-10,14H,1-4,6-8H2,(H,15,16)(H,17,18). The molecule has 1 saturated carbocycles. The number of hydrogen-bond donors (Lipinski definition) is 3. The van der Waals surface area contributed by atoms with E-state index in [0.717, 1.165) is 25.7 Å². The van der Waals surface area contributed by atoms with Gasteiger partial charge in [-0.1, -0.05) is 12.8 Å². The highest BCUT2D eigenvalue weighted by Crippen LogP contribution is 2.29. The van der Waals surface area contributed by atoms with Crippen molar-refractivity contribution in [2.24, 2.45) is 11.8 Å². The molecule has 1 aliphatic rings. The van der Waals surface area contributed by atoms with E-state index >= 15 is 0 Å². The van der Waals surface area contributed by atoms with Gasteiger partial charge in [0.15, 0.2) is 0 Å². The van der Waals surface area contributed by atoms with Gasteiger partial charge in [-0.3, -0.25) is 9.59 Å². The first-order valence-corrected chi connectivity index (χ1v) is 6.22. The van der Waals surface area contributed by atoms with Gasteiger partial charge in [-0.05, 0) is 25.3 Å². The number of nitriles is 1. The maximum Gasteiger partial charge on any atom is 0.306 e. The van der Waals surface area contributed by atoms with Crippen molar-refractivity contribution in [2.75, 3.05) is 19.6 Å². The number of hydrogen-bond acceptors (Lipinski definition) is 4. The van der Waals surface area contributed by atoms with Crippen LogP contribution in [0.4, 0.5) is 0 Å². The van der Waals surface area contributed by atoms with Crippen LogP contribution in [0.5, 0.6) is 0 Å². The minimum atomic E-state index is -0.740. The van der Waals surface area contributed by atoms with Crippen LogP contribution in [0.1, 0.15) is 25.7 Å². The molecule has 0 heterocycles. The molecule has 0 radical (unpaired) electrons. The van der Waals surface area contributed by atoms with E-state index in [9.17, 15) is 9.59 Å². The summed E-state index contributed by atoms with van der Waals surface area (Å²) in [7, 11) is 0. The van der Waals surface area contributed by atoms with Crippen molar-refractivity contribution in [3.8, 4) is 6.07 Å².